The van der Waals surface area contributed by atoms with Gasteiger partial charge in [0.05, 0.1) is 12.5 Å². The molecule has 5 aliphatic carbocycles. The third-order valence-corrected chi connectivity index (χ3v) is 15.1. The number of methoxy groups -OCH3 is 1. The van der Waals surface area contributed by atoms with E-state index in [9.17, 15) is 14.4 Å². The van der Waals surface area contributed by atoms with Crippen molar-refractivity contribution in [1.29, 1.82) is 0 Å². The van der Waals surface area contributed by atoms with Gasteiger partial charge in [0.15, 0.2) is 0 Å². The van der Waals surface area contributed by atoms with Crippen LogP contribution in [0, 0.1) is 56.7 Å². The summed E-state index contributed by atoms with van der Waals surface area (Å²) in [6, 6.07) is 0. The van der Waals surface area contributed by atoms with Gasteiger partial charge >= 0.3 is 11.9 Å². The molecule has 0 heterocycles. The fraction of sp³-hybridized carbons (Fsp3) is 0.868. The second kappa shape index (κ2) is 11.7. The summed E-state index contributed by atoms with van der Waals surface area (Å²) >= 11 is 0. The number of allylic oxidation sites excluding steroid dienone is 1. The van der Waals surface area contributed by atoms with Crippen LogP contribution in [0.1, 0.15) is 132 Å². The molecule has 0 bridgehead atoms. The Labute approximate surface area is 267 Å². The highest BCUT2D eigenvalue weighted by molar-refractivity contribution is 5.84. The van der Waals surface area contributed by atoms with Gasteiger partial charge in [-0.1, -0.05) is 46.8 Å². The van der Waals surface area contributed by atoms with Crippen molar-refractivity contribution in [2.45, 2.75) is 138 Å². The first kappa shape index (κ1) is 33.5. The molecule has 0 aliphatic heterocycles. The summed E-state index contributed by atoms with van der Waals surface area (Å²) in [5.41, 5.74) is 1.51. The molecule has 0 unspecified atom stereocenters. The largest absolute Gasteiger partial charge is 0.469 e. The van der Waals surface area contributed by atoms with Gasteiger partial charge in [0.25, 0.3) is 0 Å². The van der Waals surface area contributed by atoms with E-state index in [2.05, 4.69) is 53.4 Å². The lowest BCUT2D eigenvalue weighted by atomic mass is 9.32. The minimum atomic E-state index is -0.315. The van der Waals surface area contributed by atoms with Gasteiger partial charge in [-0.25, -0.2) is 0 Å². The second-order valence-corrected chi connectivity index (χ2v) is 17.1. The molecule has 5 rings (SSSR count). The number of fused-ring (bicyclic) bond motifs is 7. The molecule has 0 radical (unpaired) electrons. The molecule has 248 valence electrons. The molecule has 5 fully saturated rings. The molecule has 5 saturated carbocycles. The average Bonchev–Trinajstić information content (AvgIpc) is 3.36. The molecule has 0 aromatic rings. The van der Waals surface area contributed by atoms with E-state index in [1.54, 1.807) is 6.92 Å². The van der Waals surface area contributed by atoms with Gasteiger partial charge in [-0.05, 0) is 130 Å². The normalized spacial score (nSPS) is 43.8. The molecule has 10 atom stereocenters. The van der Waals surface area contributed by atoms with E-state index in [0.29, 0.717) is 42.6 Å². The number of amides is 1. The van der Waals surface area contributed by atoms with Crippen LogP contribution >= 0.6 is 0 Å². The molecule has 0 aromatic heterocycles. The Balaban J connectivity index is 1.40. The molecule has 5 aliphatic rings. The molecule has 44 heavy (non-hydrogen) atoms. The molecular formula is C38H61NO5. The van der Waals surface area contributed by atoms with Gasteiger partial charge in [-0.15, -0.1) is 0 Å². The zero-order chi connectivity index (χ0) is 32.3. The number of hydrogen-bond acceptors (Lipinski definition) is 5. The van der Waals surface area contributed by atoms with Crippen LogP contribution in [0.2, 0.25) is 0 Å². The molecule has 6 heteroatoms. The summed E-state index contributed by atoms with van der Waals surface area (Å²) in [4.78, 5) is 37.8. The SMILES string of the molecule is C=C(C)[C@@H]1CC[C@]2(C(=O)NCCCCC(=O)OC)CC[C@]3(C)[C@H](CC[C@@H]4[C@@]5(C)CC[C@H](OC(C)=O)C(C)(C)[C@@H]5CC[C@]43C)[C@@H]12. The maximum atomic E-state index is 14.2. The monoisotopic (exact) mass is 611 g/mol. The average molecular weight is 612 g/mol. The Morgan fingerprint density at radius 3 is 2.20 bits per heavy atom. The number of carbonyl (C=O) groups is 3. The summed E-state index contributed by atoms with van der Waals surface area (Å²) in [6.45, 7) is 21.4. The third-order valence-electron chi connectivity index (χ3n) is 15.1. The van der Waals surface area contributed by atoms with Crippen LogP contribution in [0.3, 0.4) is 0 Å². The Kier molecular flexibility index (Phi) is 8.95. The van der Waals surface area contributed by atoms with Crippen molar-refractivity contribution in [3.05, 3.63) is 12.2 Å². The predicted octanol–water partition coefficient (Wildman–Crippen LogP) is 8.04. The lowest BCUT2D eigenvalue weighted by molar-refractivity contribution is -0.248. The zero-order valence-electron chi connectivity index (χ0n) is 29.1. The number of esters is 2. The van der Waals surface area contributed by atoms with E-state index in [4.69, 9.17) is 9.47 Å². The Hall–Kier alpha value is -1.85. The maximum absolute atomic E-state index is 14.2. The van der Waals surface area contributed by atoms with Crippen molar-refractivity contribution < 1.29 is 23.9 Å². The molecule has 6 nitrogen and oxygen atoms in total. The number of carbonyl (C=O) groups excluding carboxylic acids is 3. The summed E-state index contributed by atoms with van der Waals surface area (Å²) in [7, 11) is 1.43. The number of rotatable bonds is 8. The lowest BCUT2D eigenvalue weighted by Crippen LogP contribution is -2.67. The minimum absolute atomic E-state index is 0.00144. The van der Waals surface area contributed by atoms with Crippen molar-refractivity contribution in [1.82, 2.24) is 5.32 Å². The molecule has 0 aromatic carbocycles. The van der Waals surface area contributed by atoms with Crippen LogP contribution in [0.5, 0.6) is 0 Å². The van der Waals surface area contributed by atoms with E-state index in [-0.39, 0.29) is 51.0 Å². The highest BCUT2D eigenvalue weighted by atomic mass is 16.5. The Morgan fingerprint density at radius 1 is 0.818 bits per heavy atom. The van der Waals surface area contributed by atoms with Crippen molar-refractivity contribution in [2.24, 2.45) is 56.7 Å². The topological polar surface area (TPSA) is 81.7 Å². The minimum Gasteiger partial charge on any atom is -0.469 e. The molecule has 0 spiro atoms. The predicted molar refractivity (Wildman–Crippen MR) is 173 cm³/mol. The molecule has 1 amide bonds. The van der Waals surface area contributed by atoms with Gasteiger partial charge in [0, 0.05) is 25.3 Å². The standard InChI is InChI=1S/C38H61NO5/c1-24(2)26-15-20-38(33(42)39-23-11-10-12-31(41)43-9)22-21-36(7)27(32(26)38)13-14-29-35(6)18-17-30(44-25(3)40)34(4,5)28(35)16-19-37(29,36)8/h26-30,32H,1,10-23H2,2-9H3,(H,39,42)/t26-,27+,28-,29+,30-,32+,35-,36+,37+,38-/m0/s1. The number of hydrogen-bond donors (Lipinski definition) is 1. The Morgan fingerprint density at radius 2 is 1.55 bits per heavy atom. The van der Waals surface area contributed by atoms with Crippen molar-refractivity contribution in [2.75, 3.05) is 13.7 Å². The van der Waals surface area contributed by atoms with Gasteiger partial charge < -0.3 is 14.8 Å². The summed E-state index contributed by atoms with van der Waals surface area (Å²) < 4.78 is 10.7. The summed E-state index contributed by atoms with van der Waals surface area (Å²) in [5, 5.41) is 3.35. The first-order valence-corrected chi connectivity index (χ1v) is 17.8. The van der Waals surface area contributed by atoms with Crippen LogP contribution in [-0.4, -0.2) is 37.6 Å². The van der Waals surface area contributed by atoms with Gasteiger partial charge in [-0.2, -0.15) is 0 Å². The quantitative estimate of drug-likeness (QED) is 0.171. The molecular weight excluding hydrogens is 550 g/mol. The highest BCUT2D eigenvalue weighted by Gasteiger charge is 2.72. The van der Waals surface area contributed by atoms with Crippen LogP contribution in [0.4, 0.5) is 0 Å². The first-order chi connectivity index (χ1) is 20.6. The highest BCUT2D eigenvalue weighted by Crippen LogP contribution is 2.77. The van der Waals surface area contributed by atoms with E-state index >= 15 is 0 Å². The van der Waals surface area contributed by atoms with Crippen LogP contribution < -0.4 is 5.32 Å². The number of unbranched alkanes of at least 4 members (excludes halogenated alkanes) is 1. The van der Waals surface area contributed by atoms with E-state index in [0.717, 1.165) is 51.4 Å². The number of nitrogens with one attached hydrogen (secondary N) is 1. The first-order valence-electron chi connectivity index (χ1n) is 17.8. The number of ether oxygens (including phenoxy) is 2. The fourth-order valence-corrected chi connectivity index (χ4v) is 12.8. The fourth-order valence-electron chi connectivity index (χ4n) is 12.8. The maximum Gasteiger partial charge on any atom is 0.305 e. The summed E-state index contributed by atoms with van der Waals surface area (Å²) in [5.74, 6) is 2.33. The van der Waals surface area contributed by atoms with Gasteiger partial charge in [0.2, 0.25) is 5.91 Å². The van der Waals surface area contributed by atoms with Crippen LogP contribution in [-0.2, 0) is 23.9 Å². The van der Waals surface area contributed by atoms with Crippen molar-refractivity contribution in [3.8, 4) is 0 Å². The zero-order valence-corrected chi connectivity index (χ0v) is 29.1. The van der Waals surface area contributed by atoms with Gasteiger partial charge in [0.1, 0.15) is 6.10 Å². The second-order valence-electron chi connectivity index (χ2n) is 17.1. The third kappa shape index (κ3) is 4.98. The van der Waals surface area contributed by atoms with E-state index in [1.807, 2.05) is 0 Å². The van der Waals surface area contributed by atoms with Gasteiger partial charge in [-0.3, -0.25) is 14.4 Å². The smallest absolute Gasteiger partial charge is 0.305 e. The van der Waals surface area contributed by atoms with E-state index in [1.165, 1.54) is 38.4 Å². The van der Waals surface area contributed by atoms with Crippen LogP contribution in [0.15, 0.2) is 12.2 Å². The van der Waals surface area contributed by atoms with Crippen molar-refractivity contribution >= 4 is 17.8 Å². The molecule has 0 saturated heterocycles. The van der Waals surface area contributed by atoms with E-state index < -0.39 is 0 Å². The Bertz CT molecular complexity index is 1160. The lowest BCUT2D eigenvalue weighted by Gasteiger charge is -2.72. The van der Waals surface area contributed by atoms with Crippen LogP contribution in [0.25, 0.3) is 0 Å². The molecule has 1 N–H and O–H groups in total. The summed E-state index contributed by atoms with van der Waals surface area (Å²) in [6.07, 6.45) is 12.9. The van der Waals surface area contributed by atoms with Crippen molar-refractivity contribution in [3.63, 3.8) is 0 Å².